The van der Waals surface area contributed by atoms with Crippen molar-refractivity contribution in [1.29, 1.82) is 0 Å². The van der Waals surface area contributed by atoms with Gasteiger partial charge in [-0.1, -0.05) is 29.8 Å². The lowest BCUT2D eigenvalue weighted by Crippen LogP contribution is -2.44. The first-order valence-electron chi connectivity index (χ1n) is 9.06. The van der Waals surface area contributed by atoms with Gasteiger partial charge in [0.1, 0.15) is 0 Å². The molecule has 1 aromatic heterocycles. The molecule has 0 spiro atoms. The zero-order valence-corrected chi connectivity index (χ0v) is 16.2. The monoisotopic (exact) mass is 392 g/mol. The minimum atomic E-state index is -0.363. The van der Waals surface area contributed by atoms with Gasteiger partial charge >= 0.3 is 0 Å². The fourth-order valence-electron chi connectivity index (χ4n) is 3.59. The van der Waals surface area contributed by atoms with Gasteiger partial charge in [0.25, 0.3) is 5.69 Å². The Hall–Kier alpha value is -3.19. The molecule has 1 N–H and O–H groups in total. The van der Waals surface area contributed by atoms with Crippen LogP contribution in [0.15, 0.2) is 66.9 Å². The number of hydrogen-bond donors (Lipinski definition) is 1. The van der Waals surface area contributed by atoms with Gasteiger partial charge in [0.05, 0.1) is 11.0 Å². The molecule has 3 aromatic rings. The highest BCUT2D eigenvalue weighted by molar-refractivity contribution is 7.80. The quantitative estimate of drug-likeness (QED) is 0.404. The van der Waals surface area contributed by atoms with Crippen LogP contribution in [0.2, 0.25) is 0 Å². The van der Waals surface area contributed by atoms with Crippen LogP contribution >= 0.6 is 12.2 Å². The van der Waals surface area contributed by atoms with E-state index in [-0.39, 0.29) is 16.7 Å². The van der Waals surface area contributed by atoms with Gasteiger partial charge in [0.2, 0.25) is 0 Å². The highest BCUT2D eigenvalue weighted by Crippen LogP contribution is 2.34. The molecule has 4 rings (SSSR count). The van der Waals surface area contributed by atoms with Crippen LogP contribution < -0.4 is 5.32 Å². The molecule has 0 radical (unpaired) electrons. The second kappa shape index (κ2) is 7.44. The average molecular weight is 392 g/mol. The van der Waals surface area contributed by atoms with E-state index in [1.807, 2.05) is 55.6 Å². The van der Waals surface area contributed by atoms with Crippen molar-refractivity contribution < 1.29 is 4.92 Å². The third-order valence-electron chi connectivity index (χ3n) is 5.00. The fraction of sp³-hybridized carbons (Fsp3) is 0.190. The number of non-ortho nitro benzene ring substituents is 1. The minimum Gasteiger partial charge on any atom is -0.348 e. The van der Waals surface area contributed by atoms with E-state index in [0.717, 1.165) is 23.5 Å². The molecule has 0 bridgehead atoms. The number of nitro benzene ring substituents is 1. The molecule has 1 atom stereocenters. The summed E-state index contributed by atoms with van der Waals surface area (Å²) in [4.78, 5) is 13.0. The molecule has 0 unspecified atom stereocenters. The Labute approximate surface area is 168 Å². The minimum absolute atomic E-state index is 0.0820. The number of anilines is 1. The molecule has 6 nitrogen and oxygen atoms in total. The van der Waals surface area contributed by atoms with Gasteiger partial charge in [0, 0.05) is 42.8 Å². The predicted molar refractivity (Wildman–Crippen MR) is 113 cm³/mol. The molecule has 0 amide bonds. The summed E-state index contributed by atoms with van der Waals surface area (Å²) < 4.78 is 2.18. The molecule has 0 saturated heterocycles. The van der Waals surface area contributed by atoms with Crippen molar-refractivity contribution in [3.63, 3.8) is 0 Å². The number of aryl methyl sites for hydroxylation is 1. The van der Waals surface area contributed by atoms with Gasteiger partial charge in [0.15, 0.2) is 5.11 Å². The molecule has 1 aliphatic rings. The molecule has 2 heterocycles. The first kappa shape index (κ1) is 18.2. The van der Waals surface area contributed by atoms with Crippen LogP contribution in [0.5, 0.6) is 0 Å². The summed E-state index contributed by atoms with van der Waals surface area (Å²) >= 11 is 5.73. The topological polar surface area (TPSA) is 63.3 Å². The van der Waals surface area contributed by atoms with E-state index in [1.165, 1.54) is 11.6 Å². The van der Waals surface area contributed by atoms with Crippen LogP contribution in [0.4, 0.5) is 11.4 Å². The predicted octanol–water partition coefficient (Wildman–Crippen LogP) is 4.51. The van der Waals surface area contributed by atoms with Crippen LogP contribution in [-0.2, 0) is 6.54 Å². The number of rotatable bonds is 3. The number of hydrogen-bond acceptors (Lipinski definition) is 3. The van der Waals surface area contributed by atoms with E-state index in [9.17, 15) is 10.1 Å². The maximum atomic E-state index is 11.3. The normalized spacial score (nSPS) is 15.8. The highest BCUT2D eigenvalue weighted by atomic mass is 32.1. The summed E-state index contributed by atoms with van der Waals surface area (Å²) in [5.74, 6) is 0. The second-order valence-electron chi connectivity index (χ2n) is 6.87. The van der Waals surface area contributed by atoms with E-state index in [1.54, 1.807) is 12.1 Å². The van der Waals surface area contributed by atoms with E-state index in [0.29, 0.717) is 11.7 Å². The molecule has 28 heavy (non-hydrogen) atoms. The Bertz CT molecular complexity index is 1030. The molecule has 0 fully saturated rings. The van der Waals surface area contributed by atoms with Gasteiger partial charge in [-0.15, -0.1) is 0 Å². The summed E-state index contributed by atoms with van der Waals surface area (Å²) in [7, 11) is 0. The average Bonchev–Trinajstić information content (AvgIpc) is 3.17. The van der Waals surface area contributed by atoms with Crippen molar-refractivity contribution in [2.24, 2.45) is 0 Å². The van der Waals surface area contributed by atoms with Crippen molar-refractivity contribution >= 4 is 28.7 Å². The summed E-state index contributed by atoms with van der Waals surface area (Å²) in [5.41, 5.74) is 4.11. The third kappa shape index (κ3) is 3.48. The van der Waals surface area contributed by atoms with Crippen molar-refractivity contribution in [2.45, 2.75) is 19.5 Å². The third-order valence-corrected chi connectivity index (χ3v) is 5.34. The zero-order chi connectivity index (χ0) is 19.7. The molecule has 142 valence electrons. The Balaban J connectivity index is 1.69. The Morgan fingerprint density at radius 2 is 1.93 bits per heavy atom. The first-order valence-corrected chi connectivity index (χ1v) is 9.47. The number of nitrogens with zero attached hydrogens (tertiary/aromatic N) is 3. The van der Waals surface area contributed by atoms with Crippen molar-refractivity contribution in [3.8, 4) is 0 Å². The van der Waals surface area contributed by atoms with Crippen molar-refractivity contribution in [2.75, 3.05) is 11.9 Å². The number of nitro groups is 1. The maximum Gasteiger partial charge on any atom is 0.269 e. The number of fused-ring (bicyclic) bond motifs is 1. The Kier molecular flexibility index (Phi) is 4.83. The molecular weight excluding hydrogens is 372 g/mol. The molecule has 0 aliphatic carbocycles. The van der Waals surface area contributed by atoms with Crippen LogP contribution in [0.3, 0.4) is 0 Å². The lowest BCUT2D eigenvalue weighted by atomic mass is 10.00. The standard InChI is InChI=1S/C21H20N4O2S/c1-15-7-9-17(10-8-15)22-21(28)24-13-12-23-11-3-6-19(23)20(24)16-4-2-5-18(14-16)25(26)27/h2-11,14,20H,12-13H2,1H3,(H,22,28)/t20-/m1/s1. The van der Waals surface area contributed by atoms with E-state index in [2.05, 4.69) is 14.8 Å². The fourth-order valence-corrected chi connectivity index (χ4v) is 3.91. The van der Waals surface area contributed by atoms with Gasteiger partial charge < -0.3 is 14.8 Å². The summed E-state index contributed by atoms with van der Waals surface area (Å²) in [6, 6.07) is 18.7. The second-order valence-corrected chi connectivity index (χ2v) is 7.26. The van der Waals surface area contributed by atoms with Crippen molar-refractivity contribution in [1.82, 2.24) is 9.47 Å². The van der Waals surface area contributed by atoms with Gasteiger partial charge in [-0.05, 0) is 49.0 Å². The first-order chi connectivity index (χ1) is 13.5. The van der Waals surface area contributed by atoms with Gasteiger partial charge in [-0.25, -0.2) is 0 Å². The van der Waals surface area contributed by atoms with Crippen LogP contribution in [0.1, 0.15) is 22.9 Å². The molecule has 0 saturated carbocycles. The lowest BCUT2D eigenvalue weighted by Gasteiger charge is -2.39. The SMILES string of the molecule is Cc1ccc(NC(=S)N2CCn3cccc3[C@H]2c2cccc([N+](=O)[O-])c2)cc1. The smallest absolute Gasteiger partial charge is 0.269 e. The highest BCUT2D eigenvalue weighted by Gasteiger charge is 2.31. The van der Waals surface area contributed by atoms with E-state index in [4.69, 9.17) is 12.2 Å². The molecule has 1 aliphatic heterocycles. The number of thiocarbonyl (C=S) groups is 1. The van der Waals surface area contributed by atoms with E-state index < -0.39 is 0 Å². The van der Waals surface area contributed by atoms with Crippen LogP contribution in [0, 0.1) is 17.0 Å². The Morgan fingerprint density at radius 3 is 2.68 bits per heavy atom. The molecule has 7 heteroatoms. The number of aromatic nitrogens is 1. The Morgan fingerprint density at radius 1 is 1.14 bits per heavy atom. The van der Waals surface area contributed by atoms with Gasteiger partial charge in [-0.2, -0.15) is 0 Å². The summed E-state index contributed by atoms with van der Waals surface area (Å²) in [6.45, 7) is 3.56. The summed E-state index contributed by atoms with van der Waals surface area (Å²) in [6.07, 6.45) is 2.04. The lowest BCUT2D eigenvalue weighted by molar-refractivity contribution is -0.384. The summed E-state index contributed by atoms with van der Waals surface area (Å²) in [5, 5.41) is 15.2. The number of benzene rings is 2. The van der Waals surface area contributed by atoms with Crippen LogP contribution in [-0.4, -0.2) is 26.0 Å². The van der Waals surface area contributed by atoms with Crippen LogP contribution in [0.25, 0.3) is 0 Å². The number of nitrogens with one attached hydrogen (secondary N) is 1. The van der Waals surface area contributed by atoms with E-state index >= 15 is 0 Å². The largest absolute Gasteiger partial charge is 0.348 e. The molecule has 2 aromatic carbocycles. The molecular formula is C21H20N4O2S. The maximum absolute atomic E-state index is 11.3. The zero-order valence-electron chi connectivity index (χ0n) is 15.4. The van der Waals surface area contributed by atoms with Gasteiger partial charge in [-0.3, -0.25) is 10.1 Å². The van der Waals surface area contributed by atoms with Crippen molar-refractivity contribution in [3.05, 3.63) is 93.8 Å².